The molecule has 0 aliphatic heterocycles. The van der Waals surface area contributed by atoms with Gasteiger partial charge in [-0.1, -0.05) is 0 Å². The average molecular weight is 493 g/mol. The van der Waals surface area contributed by atoms with E-state index in [9.17, 15) is 18.0 Å². The number of halogens is 3. The van der Waals surface area contributed by atoms with Gasteiger partial charge in [-0.25, -0.2) is 4.98 Å². The van der Waals surface area contributed by atoms with Crippen LogP contribution in [0.4, 0.5) is 13.2 Å². The number of aromatic nitrogens is 5. The predicted molar refractivity (Wildman–Crippen MR) is 129 cm³/mol. The van der Waals surface area contributed by atoms with Crippen molar-refractivity contribution in [2.75, 3.05) is 0 Å². The molecule has 3 aromatic heterocycles. The Kier molecular flexibility index (Phi) is 4.96. The molecule has 1 amide bonds. The Balaban J connectivity index is 1.39. The first kappa shape index (κ1) is 22.4. The van der Waals surface area contributed by atoms with Crippen molar-refractivity contribution in [2.24, 2.45) is 13.0 Å². The largest absolute Gasteiger partial charge is 0.416 e. The van der Waals surface area contributed by atoms with Crippen molar-refractivity contribution in [1.82, 2.24) is 29.6 Å². The summed E-state index contributed by atoms with van der Waals surface area (Å²) >= 11 is 0. The quantitative estimate of drug-likeness (QED) is 0.343. The normalized spacial score (nSPS) is 15.0. The lowest BCUT2D eigenvalue weighted by molar-refractivity contribution is -0.137. The van der Waals surface area contributed by atoms with E-state index >= 15 is 0 Å². The summed E-state index contributed by atoms with van der Waals surface area (Å²) in [5.74, 6) is 0.906. The number of hydrogen-bond acceptors (Lipinski definition) is 3. The third kappa shape index (κ3) is 3.82. The van der Waals surface area contributed by atoms with Crippen molar-refractivity contribution in [3.8, 4) is 5.69 Å². The van der Waals surface area contributed by atoms with Gasteiger partial charge >= 0.3 is 6.18 Å². The molecule has 0 saturated heterocycles. The Hall–Kier alpha value is -4.08. The highest BCUT2D eigenvalue weighted by Gasteiger charge is 2.35. The predicted octanol–water partition coefficient (Wildman–Crippen LogP) is 5.45. The molecule has 1 saturated carbocycles. The molecule has 7 nitrogen and oxygen atoms in total. The van der Waals surface area contributed by atoms with E-state index in [0.717, 1.165) is 52.8 Å². The van der Waals surface area contributed by atoms with E-state index < -0.39 is 11.7 Å². The molecule has 1 atom stereocenters. The van der Waals surface area contributed by atoms with Crippen LogP contribution >= 0.6 is 0 Å². The zero-order valence-electron chi connectivity index (χ0n) is 19.6. The number of benzene rings is 2. The summed E-state index contributed by atoms with van der Waals surface area (Å²) in [7, 11) is 1.78. The van der Waals surface area contributed by atoms with Gasteiger partial charge in [0.05, 0.1) is 17.1 Å². The second-order valence-electron chi connectivity index (χ2n) is 9.39. The number of fused-ring (bicyclic) bond motifs is 3. The number of nitrogens with zero attached hydrogens (tertiary/aromatic N) is 4. The summed E-state index contributed by atoms with van der Waals surface area (Å²) in [5.41, 5.74) is 2.63. The maximum atomic E-state index is 13.3. The van der Waals surface area contributed by atoms with Crippen LogP contribution in [0.25, 0.3) is 27.6 Å². The lowest BCUT2D eigenvalue weighted by Crippen LogP contribution is -2.30. The highest BCUT2D eigenvalue weighted by molar-refractivity contribution is 6.10. The average Bonchev–Trinajstić information content (AvgIpc) is 3.38. The number of carbonyl (C=O) groups is 1. The molecule has 1 unspecified atom stereocenters. The number of alkyl halides is 3. The van der Waals surface area contributed by atoms with Gasteiger partial charge < -0.3 is 10.3 Å². The number of aromatic amines is 1. The Bertz CT molecular complexity index is 1600. The number of aryl methyl sites for hydroxylation is 2. The van der Waals surface area contributed by atoms with Gasteiger partial charge in [0.2, 0.25) is 0 Å². The summed E-state index contributed by atoms with van der Waals surface area (Å²) in [4.78, 5) is 20.9. The minimum Gasteiger partial charge on any atom is -0.344 e. The van der Waals surface area contributed by atoms with Crippen LogP contribution in [-0.4, -0.2) is 30.2 Å². The second kappa shape index (κ2) is 7.97. The van der Waals surface area contributed by atoms with Gasteiger partial charge in [0.1, 0.15) is 5.82 Å². The first-order chi connectivity index (χ1) is 17.2. The molecule has 2 aromatic carbocycles. The zero-order valence-corrected chi connectivity index (χ0v) is 19.6. The lowest BCUT2D eigenvalue weighted by Gasteiger charge is -2.16. The topological polar surface area (TPSA) is 80.5 Å². The molecule has 0 bridgehead atoms. The Labute approximate surface area is 203 Å². The van der Waals surface area contributed by atoms with Gasteiger partial charge in [-0.15, -0.1) is 0 Å². The molecule has 36 heavy (non-hydrogen) atoms. The molecule has 5 aromatic rings. The number of imidazole rings is 1. The highest BCUT2D eigenvalue weighted by Crippen LogP contribution is 2.40. The van der Waals surface area contributed by atoms with Crippen molar-refractivity contribution in [1.29, 1.82) is 0 Å². The van der Waals surface area contributed by atoms with Crippen LogP contribution in [0.15, 0.2) is 54.9 Å². The highest BCUT2D eigenvalue weighted by atomic mass is 19.4. The summed E-state index contributed by atoms with van der Waals surface area (Å²) in [6.45, 7) is 1.93. The van der Waals surface area contributed by atoms with E-state index in [4.69, 9.17) is 0 Å². The number of H-pyrrole nitrogens is 1. The Morgan fingerprint density at radius 3 is 2.53 bits per heavy atom. The standard InChI is InChI=1S/C26H23F3N6O/c1-14-12-30-23(31-14)22(15-3-4-15)32-25(36)16-5-10-21-19(11-16)20-13-34(2)33-24(20)35(21)18-8-6-17(7-9-18)26(27,28)29/h5-13,15,22H,3-4H2,1-2H3,(H,30,31)(H,32,36). The fourth-order valence-corrected chi connectivity index (χ4v) is 4.75. The number of amides is 1. The first-order valence-corrected chi connectivity index (χ1v) is 11.7. The summed E-state index contributed by atoms with van der Waals surface area (Å²) in [5, 5.41) is 9.28. The third-order valence-electron chi connectivity index (χ3n) is 6.66. The fourth-order valence-electron chi connectivity index (χ4n) is 4.75. The monoisotopic (exact) mass is 492 g/mol. The molecule has 10 heteroatoms. The Morgan fingerprint density at radius 2 is 1.89 bits per heavy atom. The van der Waals surface area contributed by atoms with Gasteiger partial charge in [0, 0.05) is 47.2 Å². The SMILES string of the molecule is Cc1cnc(C(NC(=O)c2ccc3c(c2)c2cn(C)nc2n3-c2ccc(C(F)(F)F)cc2)C2CC2)[nH]1. The number of carbonyl (C=O) groups excluding carboxylic acids is 1. The number of hydrogen-bond donors (Lipinski definition) is 2. The smallest absolute Gasteiger partial charge is 0.344 e. The van der Waals surface area contributed by atoms with E-state index in [1.165, 1.54) is 12.1 Å². The first-order valence-electron chi connectivity index (χ1n) is 11.7. The van der Waals surface area contributed by atoms with Crippen molar-refractivity contribution in [3.63, 3.8) is 0 Å². The molecule has 0 spiro atoms. The van der Waals surface area contributed by atoms with Crippen molar-refractivity contribution < 1.29 is 18.0 Å². The molecule has 1 aliphatic rings. The van der Waals surface area contributed by atoms with Crippen LogP contribution in [0.2, 0.25) is 0 Å². The van der Waals surface area contributed by atoms with Crippen molar-refractivity contribution >= 4 is 27.8 Å². The van der Waals surface area contributed by atoms with Gasteiger partial charge in [-0.3, -0.25) is 14.0 Å². The molecular formula is C26H23F3N6O. The van der Waals surface area contributed by atoms with Crippen LogP contribution in [0, 0.1) is 12.8 Å². The number of nitrogens with one attached hydrogen (secondary N) is 2. The molecule has 6 rings (SSSR count). The van der Waals surface area contributed by atoms with Crippen LogP contribution < -0.4 is 5.32 Å². The molecule has 2 N–H and O–H groups in total. The summed E-state index contributed by atoms with van der Waals surface area (Å²) in [6, 6.07) is 10.2. The van der Waals surface area contributed by atoms with Crippen LogP contribution in [-0.2, 0) is 13.2 Å². The van der Waals surface area contributed by atoms with E-state index in [1.807, 2.05) is 29.8 Å². The van der Waals surface area contributed by atoms with E-state index in [-0.39, 0.29) is 11.9 Å². The molecule has 184 valence electrons. The maximum absolute atomic E-state index is 13.3. The number of rotatable bonds is 5. The molecule has 1 aliphatic carbocycles. The maximum Gasteiger partial charge on any atom is 0.416 e. The molecule has 3 heterocycles. The van der Waals surface area contributed by atoms with Gasteiger partial charge in [-0.2, -0.15) is 18.3 Å². The lowest BCUT2D eigenvalue weighted by atomic mass is 10.1. The van der Waals surface area contributed by atoms with Crippen molar-refractivity contribution in [2.45, 2.75) is 32.0 Å². The van der Waals surface area contributed by atoms with Crippen LogP contribution in [0.5, 0.6) is 0 Å². The molecule has 0 radical (unpaired) electrons. The zero-order chi connectivity index (χ0) is 25.2. The van der Waals surface area contributed by atoms with Crippen LogP contribution in [0.3, 0.4) is 0 Å². The van der Waals surface area contributed by atoms with Gasteiger partial charge in [-0.05, 0) is 68.1 Å². The van der Waals surface area contributed by atoms with Gasteiger partial charge in [0.25, 0.3) is 5.91 Å². The second-order valence-corrected chi connectivity index (χ2v) is 9.39. The molecule has 1 fully saturated rings. The van der Waals surface area contributed by atoms with Crippen molar-refractivity contribution in [3.05, 3.63) is 77.5 Å². The Morgan fingerprint density at radius 1 is 1.14 bits per heavy atom. The summed E-state index contributed by atoms with van der Waals surface area (Å²) in [6.07, 6.45) is 1.27. The summed E-state index contributed by atoms with van der Waals surface area (Å²) < 4.78 is 42.7. The van der Waals surface area contributed by atoms with E-state index in [1.54, 1.807) is 24.0 Å². The fraction of sp³-hybridized carbons (Fsp3) is 0.269. The van der Waals surface area contributed by atoms with Gasteiger partial charge in [0.15, 0.2) is 5.65 Å². The minimum absolute atomic E-state index is 0.183. The molecular weight excluding hydrogens is 469 g/mol. The van der Waals surface area contributed by atoms with E-state index in [0.29, 0.717) is 22.8 Å². The van der Waals surface area contributed by atoms with E-state index in [2.05, 4.69) is 20.4 Å². The minimum atomic E-state index is -4.41. The third-order valence-corrected chi connectivity index (χ3v) is 6.66. The van der Waals surface area contributed by atoms with Crippen LogP contribution in [0.1, 0.15) is 46.3 Å².